The van der Waals surface area contributed by atoms with E-state index in [1.54, 1.807) is 0 Å². The van der Waals surface area contributed by atoms with Gasteiger partial charge in [0.2, 0.25) is 0 Å². The van der Waals surface area contributed by atoms with Crippen LogP contribution in [0.15, 0.2) is 0 Å². The van der Waals surface area contributed by atoms with Gasteiger partial charge in [-0.2, -0.15) is 0 Å². The molecule has 0 bridgehead atoms. The fourth-order valence-corrected chi connectivity index (χ4v) is 3.09. The van der Waals surface area contributed by atoms with Crippen LogP contribution < -0.4 is 0 Å². The second-order valence-electron chi connectivity index (χ2n) is 5.97. The minimum absolute atomic E-state index is 0.0460. The maximum absolute atomic E-state index is 10.8. The lowest BCUT2D eigenvalue weighted by Crippen LogP contribution is -2.21. The smallest absolute Gasteiger partial charge is 0.306 e. The third-order valence-electron chi connectivity index (χ3n) is 4.41. The molecule has 0 aromatic carbocycles. The molecule has 1 N–H and O–H groups in total. The van der Waals surface area contributed by atoms with Crippen LogP contribution in [0.5, 0.6) is 0 Å². The summed E-state index contributed by atoms with van der Waals surface area (Å²) in [6, 6.07) is 0. The largest absolute Gasteiger partial charge is 0.481 e. The zero-order chi connectivity index (χ0) is 13.2. The van der Waals surface area contributed by atoms with Crippen molar-refractivity contribution in [2.24, 2.45) is 11.8 Å². The molecule has 0 amide bonds. The summed E-state index contributed by atoms with van der Waals surface area (Å²) in [7, 11) is 0. The van der Waals surface area contributed by atoms with Crippen molar-refractivity contribution in [2.45, 2.75) is 84.0 Å². The molecular formula is C16H30O2. The van der Waals surface area contributed by atoms with E-state index < -0.39 is 5.97 Å². The Morgan fingerprint density at radius 2 is 1.50 bits per heavy atom. The van der Waals surface area contributed by atoms with Crippen LogP contribution >= 0.6 is 0 Å². The Bertz CT molecular complexity index is 217. The van der Waals surface area contributed by atoms with Crippen LogP contribution in [0.1, 0.15) is 84.0 Å². The van der Waals surface area contributed by atoms with Crippen LogP contribution in [0.2, 0.25) is 0 Å². The molecule has 0 saturated heterocycles. The SMILES string of the molecule is CCCCCCCCCC1CCC(C(=O)O)CC1. The Kier molecular flexibility index (Phi) is 8.11. The molecule has 0 radical (unpaired) electrons. The van der Waals surface area contributed by atoms with Crippen molar-refractivity contribution in [2.75, 3.05) is 0 Å². The Balaban J connectivity index is 1.93. The van der Waals surface area contributed by atoms with E-state index in [1.807, 2.05) is 0 Å². The topological polar surface area (TPSA) is 37.3 Å². The molecule has 0 heterocycles. The Morgan fingerprint density at radius 1 is 0.944 bits per heavy atom. The molecule has 2 nitrogen and oxygen atoms in total. The van der Waals surface area contributed by atoms with E-state index in [-0.39, 0.29) is 5.92 Å². The lowest BCUT2D eigenvalue weighted by molar-refractivity contribution is -0.143. The Labute approximate surface area is 112 Å². The molecule has 0 atom stereocenters. The third kappa shape index (κ3) is 6.42. The highest BCUT2D eigenvalue weighted by atomic mass is 16.4. The summed E-state index contributed by atoms with van der Waals surface area (Å²) < 4.78 is 0. The van der Waals surface area contributed by atoms with Gasteiger partial charge in [0.15, 0.2) is 0 Å². The molecular weight excluding hydrogens is 224 g/mol. The Morgan fingerprint density at radius 3 is 2.06 bits per heavy atom. The quantitative estimate of drug-likeness (QED) is 0.587. The molecule has 106 valence electrons. The van der Waals surface area contributed by atoms with E-state index in [0.29, 0.717) is 0 Å². The standard InChI is InChI=1S/C16H30O2/c1-2-3-4-5-6-7-8-9-14-10-12-15(13-11-14)16(17)18/h14-15H,2-13H2,1H3,(H,17,18). The molecule has 0 unspecified atom stereocenters. The number of carbonyl (C=O) groups is 1. The molecule has 0 aliphatic heterocycles. The Hall–Kier alpha value is -0.530. The van der Waals surface area contributed by atoms with Crippen LogP contribution in [0, 0.1) is 11.8 Å². The zero-order valence-electron chi connectivity index (χ0n) is 12.0. The summed E-state index contributed by atoms with van der Waals surface area (Å²) in [5.74, 6) is 0.191. The van der Waals surface area contributed by atoms with E-state index in [2.05, 4.69) is 6.92 Å². The van der Waals surface area contributed by atoms with Crippen LogP contribution in [0.25, 0.3) is 0 Å². The van der Waals surface area contributed by atoms with Crippen molar-refractivity contribution < 1.29 is 9.90 Å². The minimum Gasteiger partial charge on any atom is -0.481 e. The van der Waals surface area contributed by atoms with Gasteiger partial charge >= 0.3 is 5.97 Å². The van der Waals surface area contributed by atoms with Crippen molar-refractivity contribution in [1.29, 1.82) is 0 Å². The monoisotopic (exact) mass is 254 g/mol. The van der Waals surface area contributed by atoms with Gasteiger partial charge in [0.05, 0.1) is 5.92 Å². The first-order valence-corrected chi connectivity index (χ1v) is 7.96. The molecule has 1 fully saturated rings. The molecule has 0 aromatic rings. The van der Waals surface area contributed by atoms with Crippen molar-refractivity contribution in [1.82, 2.24) is 0 Å². The van der Waals surface area contributed by atoms with E-state index in [0.717, 1.165) is 31.6 Å². The lowest BCUT2D eigenvalue weighted by atomic mass is 9.80. The lowest BCUT2D eigenvalue weighted by Gasteiger charge is -2.25. The first-order valence-electron chi connectivity index (χ1n) is 7.96. The van der Waals surface area contributed by atoms with Gasteiger partial charge in [0.1, 0.15) is 0 Å². The number of rotatable bonds is 9. The van der Waals surface area contributed by atoms with Gasteiger partial charge in [-0.15, -0.1) is 0 Å². The summed E-state index contributed by atoms with van der Waals surface area (Å²) in [5.41, 5.74) is 0. The fourth-order valence-electron chi connectivity index (χ4n) is 3.09. The number of carboxylic acids is 1. The van der Waals surface area contributed by atoms with E-state index >= 15 is 0 Å². The second kappa shape index (κ2) is 9.41. The van der Waals surface area contributed by atoms with Crippen molar-refractivity contribution in [3.8, 4) is 0 Å². The fraction of sp³-hybridized carbons (Fsp3) is 0.938. The highest BCUT2D eigenvalue weighted by Gasteiger charge is 2.25. The number of aliphatic carboxylic acids is 1. The van der Waals surface area contributed by atoms with Crippen LogP contribution in [-0.2, 0) is 4.79 Å². The van der Waals surface area contributed by atoms with Gasteiger partial charge in [-0.05, 0) is 31.6 Å². The van der Waals surface area contributed by atoms with E-state index in [1.165, 1.54) is 51.4 Å². The van der Waals surface area contributed by atoms with Gasteiger partial charge in [0, 0.05) is 0 Å². The molecule has 0 spiro atoms. The minimum atomic E-state index is -0.579. The predicted molar refractivity (Wildman–Crippen MR) is 75.7 cm³/mol. The van der Waals surface area contributed by atoms with E-state index in [4.69, 9.17) is 5.11 Å². The van der Waals surface area contributed by atoms with Gasteiger partial charge in [0.25, 0.3) is 0 Å². The summed E-state index contributed by atoms with van der Waals surface area (Å²) in [4.78, 5) is 10.8. The average molecular weight is 254 g/mol. The first-order chi connectivity index (χ1) is 8.74. The maximum atomic E-state index is 10.8. The van der Waals surface area contributed by atoms with E-state index in [9.17, 15) is 4.79 Å². The zero-order valence-corrected chi connectivity index (χ0v) is 12.0. The number of hydrogen-bond acceptors (Lipinski definition) is 1. The number of hydrogen-bond donors (Lipinski definition) is 1. The second-order valence-corrected chi connectivity index (χ2v) is 5.97. The molecule has 0 aromatic heterocycles. The van der Waals surface area contributed by atoms with Crippen molar-refractivity contribution >= 4 is 5.97 Å². The van der Waals surface area contributed by atoms with Crippen LogP contribution in [0.3, 0.4) is 0 Å². The predicted octanol–water partition coefficient (Wildman–Crippen LogP) is 5.02. The summed E-state index contributed by atoms with van der Waals surface area (Å²) in [5, 5.41) is 8.94. The maximum Gasteiger partial charge on any atom is 0.306 e. The highest BCUT2D eigenvalue weighted by molar-refractivity contribution is 5.69. The molecule has 1 aliphatic rings. The molecule has 18 heavy (non-hydrogen) atoms. The number of unbranched alkanes of at least 4 members (excludes halogenated alkanes) is 6. The van der Waals surface area contributed by atoms with Crippen LogP contribution in [0.4, 0.5) is 0 Å². The van der Waals surface area contributed by atoms with Gasteiger partial charge in [-0.25, -0.2) is 0 Å². The normalized spacial score (nSPS) is 24.1. The number of carboxylic acid groups (broad SMARTS) is 1. The van der Waals surface area contributed by atoms with Gasteiger partial charge in [-0.3, -0.25) is 4.79 Å². The van der Waals surface area contributed by atoms with Crippen LogP contribution in [-0.4, -0.2) is 11.1 Å². The molecule has 2 heteroatoms. The van der Waals surface area contributed by atoms with Crippen molar-refractivity contribution in [3.05, 3.63) is 0 Å². The summed E-state index contributed by atoms with van der Waals surface area (Å²) in [6.07, 6.45) is 15.1. The third-order valence-corrected chi connectivity index (χ3v) is 4.41. The molecule has 1 aliphatic carbocycles. The first kappa shape index (κ1) is 15.5. The highest BCUT2D eigenvalue weighted by Crippen LogP contribution is 2.32. The van der Waals surface area contributed by atoms with Gasteiger partial charge in [-0.1, -0.05) is 58.3 Å². The van der Waals surface area contributed by atoms with Gasteiger partial charge < -0.3 is 5.11 Å². The molecule has 1 rings (SSSR count). The summed E-state index contributed by atoms with van der Waals surface area (Å²) in [6.45, 7) is 2.26. The van der Waals surface area contributed by atoms with Crippen molar-refractivity contribution in [3.63, 3.8) is 0 Å². The molecule has 1 saturated carbocycles. The summed E-state index contributed by atoms with van der Waals surface area (Å²) >= 11 is 0. The average Bonchev–Trinajstić information content (AvgIpc) is 2.38.